The zero-order valence-corrected chi connectivity index (χ0v) is 21.9. The molecule has 1 aromatic rings. The van der Waals surface area contributed by atoms with Gasteiger partial charge in [0.05, 0.1) is 36.7 Å². The molecule has 36 heavy (non-hydrogen) atoms. The number of carboxylic acid groups (broad SMARTS) is 1. The molecule has 0 spiro atoms. The molecule has 2 aliphatic carbocycles. The predicted octanol–water partition coefficient (Wildman–Crippen LogP) is 3.20. The van der Waals surface area contributed by atoms with E-state index < -0.39 is 5.97 Å². The van der Waals surface area contributed by atoms with E-state index in [1.165, 1.54) is 6.21 Å². The molecule has 0 aliphatic heterocycles. The van der Waals surface area contributed by atoms with Crippen LogP contribution in [0.2, 0.25) is 0 Å². The number of benzene rings is 1. The first kappa shape index (κ1) is 27.5. The molecule has 194 valence electrons. The van der Waals surface area contributed by atoms with E-state index in [2.05, 4.69) is 17.0 Å². The van der Waals surface area contributed by atoms with Crippen molar-refractivity contribution in [1.29, 1.82) is 5.41 Å². The van der Waals surface area contributed by atoms with Crippen molar-refractivity contribution in [3.05, 3.63) is 71.2 Å². The molecule has 4 N–H and O–H groups in total. The number of thiol groups is 1. The zero-order valence-electron chi connectivity index (χ0n) is 21.0. The average Bonchev–Trinajstić information content (AvgIpc) is 3.62. The second kappa shape index (κ2) is 13.3. The normalized spacial score (nSPS) is 18.2. The summed E-state index contributed by atoms with van der Waals surface area (Å²) in [4.78, 5) is 26.2. The van der Waals surface area contributed by atoms with Gasteiger partial charge in [-0.1, -0.05) is 43.4 Å². The highest BCUT2D eigenvalue weighted by Gasteiger charge is 2.39. The van der Waals surface area contributed by atoms with E-state index in [-0.39, 0.29) is 28.7 Å². The van der Waals surface area contributed by atoms with Gasteiger partial charge >= 0.3 is 5.97 Å². The molecule has 1 unspecified atom stereocenters. The van der Waals surface area contributed by atoms with Gasteiger partial charge in [-0.15, -0.1) is 4.72 Å². The van der Waals surface area contributed by atoms with Gasteiger partial charge in [0.25, 0.3) is 5.91 Å². The summed E-state index contributed by atoms with van der Waals surface area (Å²) >= 11 is 0.999. The monoisotopic (exact) mass is 513 g/mol. The molecule has 1 fully saturated rings. The second-order valence-corrected chi connectivity index (χ2v) is 10.3. The van der Waals surface area contributed by atoms with E-state index in [1.807, 2.05) is 48.3 Å². The smallest absolute Gasteiger partial charge is 0.335 e. The highest BCUT2D eigenvalue weighted by molar-refractivity contribution is 7.75. The van der Waals surface area contributed by atoms with Crippen LogP contribution in [0.1, 0.15) is 49.0 Å². The molecule has 0 saturated heterocycles. The number of rotatable bonds is 15. The minimum absolute atomic E-state index is 0.0929. The summed E-state index contributed by atoms with van der Waals surface area (Å²) in [7, 11) is 0. The largest absolute Gasteiger partial charge is 0.486 e. The summed E-state index contributed by atoms with van der Waals surface area (Å²) in [5.74, 6) is -0.267. The summed E-state index contributed by atoms with van der Waals surface area (Å²) in [6.07, 6.45) is 12.0. The number of hydrogen-bond donors (Lipinski definition) is 4. The van der Waals surface area contributed by atoms with Gasteiger partial charge in [0, 0.05) is 30.3 Å². The maximum Gasteiger partial charge on any atom is 0.335 e. The number of nitrogens with zero attached hydrogens (tertiary/aromatic N) is 1. The van der Waals surface area contributed by atoms with Crippen molar-refractivity contribution in [2.24, 2.45) is 5.41 Å². The highest BCUT2D eigenvalue weighted by Crippen LogP contribution is 2.45. The molecule has 0 bridgehead atoms. The second-order valence-electron chi connectivity index (χ2n) is 9.39. The molecule has 1 atom stereocenters. The van der Waals surface area contributed by atoms with Crippen LogP contribution in [-0.2, 0) is 27.2 Å². The fourth-order valence-electron chi connectivity index (χ4n) is 3.69. The third-order valence-corrected chi connectivity index (χ3v) is 7.30. The quantitative estimate of drug-likeness (QED) is 0.0715. The zero-order chi connectivity index (χ0) is 26.0. The summed E-state index contributed by atoms with van der Waals surface area (Å²) in [5, 5.41) is 20.1. The summed E-state index contributed by atoms with van der Waals surface area (Å²) in [6, 6.07) is 6.78. The average molecular weight is 514 g/mol. The van der Waals surface area contributed by atoms with Crippen molar-refractivity contribution in [3.8, 4) is 0 Å². The Kier molecular flexibility index (Phi) is 10.2. The number of carbonyl (C=O) groups excluding carboxylic acids is 1. The molecule has 1 aromatic carbocycles. The van der Waals surface area contributed by atoms with Crippen LogP contribution >= 0.6 is 0 Å². The first-order valence-electron chi connectivity index (χ1n) is 12.3. The van der Waals surface area contributed by atoms with Crippen molar-refractivity contribution < 1.29 is 19.4 Å². The van der Waals surface area contributed by atoms with Gasteiger partial charge in [-0.25, -0.2) is 4.79 Å². The van der Waals surface area contributed by atoms with E-state index in [1.54, 1.807) is 12.1 Å². The van der Waals surface area contributed by atoms with Crippen LogP contribution < -0.4 is 10.0 Å². The Hall–Kier alpha value is -3.04. The maximum absolute atomic E-state index is 13.2. The van der Waals surface area contributed by atoms with Crippen LogP contribution in [0.15, 0.2) is 60.0 Å². The number of aromatic carboxylic acids is 1. The number of nitrogens with one attached hydrogen (secondary N) is 3. The topological polar surface area (TPSA) is 115 Å². The molecule has 8 nitrogen and oxygen atoms in total. The van der Waals surface area contributed by atoms with Crippen molar-refractivity contribution in [2.75, 3.05) is 26.2 Å². The van der Waals surface area contributed by atoms with Crippen LogP contribution in [0.25, 0.3) is 0 Å². The Morgan fingerprint density at radius 1 is 1.28 bits per heavy atom. The number of carbonyl (C=O) groups is 2. The standard InChI is InChI=1S/C27H36N4O4S/c1-3-31(16-15-29-36-18-20-9-11-21(12-10-20)26(33)34)23(17-28)24(35-19-27(2)13-14-27)25(32)30-22-7-5-4-6-8-22/h4-7,9-12,17,22,28-29H,3,8,13-16,18-19H2,1-2H3,(H,30,32)(H,33,34)/p+1/b24-23-,28-17?. The molecule has 1 amide bonds. The molecule has 9 heteroatoms. The number of carboxylic acids is 1. The Morgan fingerprint density at radius 2 is 2.03 bits per heavy atom. The number of likely N-dealkylation sites (N-methyl/N-ethyl adjacent to an activating group) is 1. The molecule has 1 saturated carbocycles. The van der Waals surface area contributed by atoms with Crippen molar-refractivity contribution in [3.63, 3.8) is 0 Å². The summed E-state index contributed by atoms with van der Waals surface area (Å²) in [6.45, 7) is 6.50. The fraction of sp³-hybridized carbons (Fsp3) is 0.444. The molecule has 0 aromatic heterocycles. The SMILES string of the molecule is CCN(CCN[SH+]Cc1ccc(C(=O)O)cc1)/C(C=N)=C(\OCC1(C)CC1)C(=O)NC1C=CC=CC1. The summed E-state index contributed by atoms with van der Waals surface area (Å²) in [5.41, 5.74) is 1.92. The Balaban J connectivity index is 1.59. The van der Waals surface area contributed by atoms with E-state index >= 15 is 0 Å². The lowest BCUT2D eigenvalue weighted by Crippen LogP contribution is -2.39. The number of hydrogen-bond acceptors (Lipinski definition) is 6. The maximum atomic E-state index is 13.2. The van der Waals surface area contributed by atoms with Crippen molar-refractivity contribution in [2.45, 2.75) is 44.9 Å². The minimum atomic E-state index is -0.928. The van der Waals surface area contributed by atoms with Crippen LogP contribution in [-0.4, -0.2) is 60.4 Å². The fourth-order valence-corrected chi connectivity index (χ4v) is 4.46. The third-order valence-electron chi connectivity index (χ3n) is 6.33. The molecule has 0 heterocycles. The molecule has 3 rings (SSSR count). The van der Waals surface area contributed by atoms with Gasteiger partial charge in [-0.05, 0) is 38.3 Å². The van der Waals surface area contributed by atoms with Gasteiger partial charge in [0.15, 0.2) is 0 Å². The number of amides is 1. The van der Waals surface area contributed by atoms with Crippen LogP contribution in [0.5, 0.6) is 0 Å². The van der Waals surface area contributed by atoms with Gasteiger partial charge in [-0.3, -0.25) is 4.79 Å². The van der Waals surface area contributed by atoms with Gasteiger partial charge in [0.2, 0.25) is 5.76 Å². The van der Waals surface area contributed by atoms with Crippen molar-refractivity contribution >= 4 is 30.0 Å². The predicted molar refractivity (Wildman–Crippen MR) is 145 cm³/mol. The molecule has 0 radical (unpaired) electrons. The van der Waals surface area contributed by atoms with Crippen molar-refractivity contribution in [1.82, 2.24) is 14.9 Å². The lowest BCUT2D eigenvalue weighted by atomic mass is 10.1. The summed E-state index contributed by atoms with van der Waals surface area (Å²) < 4.78 is 9.46. The molecular formula is C27H37N4O4S+. The van der Waals surface area contributed by atoms with Gasteiger partial charge in [-0.2, -0.15) is 0 Å². The van der Waals surface area contributed by atoms with E-state index in [0.29, 0.717) is 31.9 Å². The van der Waals surface area contributed by atoms with E-state index in [4.69, 9.17) is 15.3 Å². The first-order chi connectivity index (χ1) is 17.3. The van der Waals surface area contributed by atoms with Crippen LogP contribution in [0.3, 0.4) is 0 Å². The Labute approximate surface area is 217 Å². The minimum Gasteiger partial charge on any atom is -0.486 e. The van der Waals surface area contributed by atoms with Gasteiger partial charge in [0.1, 0.15) is 11.4 Å². The lowest BCUT2D eigenvalue weighted by Gasteiger charge is -2.27. The third kappa shape index (κ3) is 8.27. The number of allylic oxidation sites excluding steroid dienone is 3. The molecular weight excluding hydrogens is 476 g/mol. The number of ether oxygens (including phenoxy) is 1. The lowest BCUT2D eigenvalue weighted by molar-refractivity contribution is -0.121. The van der Waals surface area contributed by atoms with E-state index in [9.17, 15) is 9.59 Å². The molecule has 2 aliphatic rings. The first-order valence-corrected chi connectivity index (χ1v) is 13.4. The highest BCUT2D eigenvalue weighted by atomic mass is 32.2. The Bertz CT molecular complexity index is 1020. The van der Waals surface area contributed by atoms with E-state index in [0.717, 1.165) is 42.5 Å². The van der Waals surface area contributed by atoms with Crippen LogP contribution in [0.4, 0.5) is 0 Å². The van der Waals surface area contributed by atoms with Gasteiger partial charge < -0.3 is 25.5 Å². The van der Waals surface area contributed by atoms with Crippen LogP contribution in [0, 0.1) is 10.8 Å². The Morgan fingerprint density at radius 3 is 2.61 bits per heavy atom.